The lowest BCUT2D eigenvalue weighted by Crippen LogP contribution is -2.21. The van der Waals surface area contributed by atoms with Gasteiger partial charge in [-0.25, -0.2) is 9.97 Å². The van der Waals surface area contributed by atoms with E-state index >= 15 is 0 Å². The summed E-state index contributed by atoms with van der Waals surface area (Å²) in [5, 5.41) is 3.37. The molecule has 1 heterocycles. The molecule has 1 aromatic rings. The average molecular weight is 251 g/mol. The maximum atomic E-state index is 5.07. The van der Waals surface area contributed by atoms with Gasteiger partial charge in [-0.3, -0.25) is 0 Å². The van der Waals surface area contributed by atoms with Gasteiger partial charge in [0.2, 0.25) is 0 Å². The fourth-order valence-electron chi connectivity index (χ4n) is 2.28. The van der Waals surface area contributed by atoms with E-state index in [0.29, 0.717) is 12.5 Å². The molecule has 0 bridgehead atoms. The Balaban J connectivity index is 2.86. The highest BCUT2D eigenvalue weighted by Crippen LogP contribution is 2.20. The zero-order valence-electron chi connectivity index (χ0n) is 12.2. The molecule has 0 amide bonds. The maximum absolute atomic E-state index is 5.07. The molecule has 0 radical (unpaired) electrons. The lowest BCUT2D eigenvalue weighted by atomic mass is 9.98. The molecule has 0 aromatic carbocycles. The normalized spacial score (nSPS) is 12.7. The smallest absolute Gasteiger partial charge is 0.131 e. The fraction of sp³-hybridized carbons (Fsp3) is 0.714. The standard InChI is InChI=1S/C14H25N3O/c1-6-15-9-10(2)14-11(3)16-13(7-8-18-5)17-12(14)4/h10,15H,6-9H2,1-5H3. The third kappa shape index (κ3) is 4.03. The van der Waals surface area contributed by atoms with Crippen LogP contribution in [0.15, 0.2) is 0 Å². The quantitative estimate of drug-likeness (QED) is 0.805. The van der Waals surface area contributed by atoms with E-state index in [0.717, 1.165) is 36.7 Å². The number of nitrogens with zero attached hydrogens (tertiary/aromatic N) is 2. The molecule has 0 spiro atoms. The minimum Gasteiger partial charge on any atom is -0.384 e. The van der Waals surface area contributed by atoms with Gasteiger partial charge in [-0.1, -0.05) is 13.8 Å². The number of ether oxygens (including phenoxy) is 1. The van der Waals surface area contributed by atoms with Crippen molar-refractivity contribution < 1.29 is 4.74 Å². The minimum atomic E-state index is 0.446. The molecule has 1 aromatic heterocycles. The molecule has 0 aliphatic rings. The molecule has 4 nitrogen and oxygen atoms in total. The minimum absolute atomic E-state index is 0.446. The molecule has 0 saturated heterocycles. The highest BCUT2D eigenvalue weighted by molar-refractivity contribution is 5.28. The van der Waals surface area contributed by atoms with Crippen LogP contribution in [0.2, 0.25) is 0 Å². The Hall–Kier alpha value is -1.00. The molecule has 1 rings (SSSR count). The molecule has 0 fully saturated rings. The molecule has 1 N–H and O–H groups in total. The highest BCUT2D eigenvalue weighted by Gasteiger charge is 2.14. The second-order valence-electron chi connectivity index (χ2n) is 4.68. The van der Waals surface area contributed by atoms with E-state index in [4.69, 9.17) is 4.74 Å². The van der Waals surface area contributed by atoms with Gasteiger partial charge in [-0.2, -0.15) is 0 Å². The summed E-state index contributed by atoms with van der Waals surface area (Å²) in [5.74, 6) is 1.33. The second kappa shape index (κ2) is 7.44. The predicted molar refractivity (Wildman–Crippen MR) is 74.0 cm³/mol. The van der Waals surface area contributed by atoms with Crippen molar-refractivity contribution in [2.75, 3.05) is 26.8 Å². The molecule has 102 valence electrons. The van der Waals surface area contributed by atoms with Crippen LogP contribution in [0.4, 0.5) is 0 Å². The van der Waals surface area contributed by atoms with Gasteiger partial charge in [0, 0.05) is 31.5 Å². The average Bonchev–Trinajstić information content (AvgIpc) is 2.33. The van der Waals surface area contributed by atoms with Gasteiger partial charge in [0.1, 0.15) is 5.82 Å². The molecule has 1 atom stereocenters. The number of aromatic nitrogens is 2. The van der Waals surface area contributed by atoms with Crippen molar-refractivity contribution in [1.82, 2.24) is 15.3 Å². The summed E-state index contributed by atoms with van der Waals surface area (Å²) in [7, 11) is 1.70. The lowest BCUT2D eigenvalue weighted by Gasteiger charge is -2.17. The Bertz CT molecular complexity index is 356. The molecule has 0 aliphatic carbocycles. The Labute approximate surface area is 110 Å². The fourth-order valence-corrected chi connectivity index (χ4v) is 2.28. The van der Waals surface area contributed by atoms with Crippen molar-refractivity contribution in [2.45, 2.75) is 40.0 Å². The topological polar surface area (TPSA) is 47.0 Å². The summed E-state index contributed by atoms with van der Waals surface area (Å²) in [4.78, 5) is 9.16. The van der Waals surface area contributed by atoms with Crippen LogP contribution < -0.4 is 5.32 Å². The van der Waals surface area contributed by atoms with E-state index in [1.54, 1.807) is 7.11 Å². The first-order valence-corrected chi connectivity index (χ1v) is 6.63. The molecule has 4 heteroatoms. The van der Waals surface area contributed by atoms with Gasteiger partial charge in [-0.15, -0.1) is 0 Å². The molecule has 0 aliphatic heterocycles. The van der Waals surface area contributed by atoms with E-state index in [9.17, 15) is 0 Å². The SMILES string of the molecule is CCNCC(C)c1c(C)nc(CCOC)nc1C. The molecule has 1 unspecified atom stereocenters. The van der Waals surface area contributed by atoms with Crippen LogP contribution in [0, 0.1) is 13.8 Å². The Morgan fingerprint density at radius 2 is 1.83 bits per heavy atom. The van der Waals surface area contributed by atoms with E-state index in [2.05, 4.69) is 43.0 Å². The van der Waals surface area contributed by atoms with Crippen LogP contribution in [-0.2, 0) is 11.2 Å². The van der Waals surface area contributed by atoms with Crippen LogP contribution in [0.3, 0.4) is 0 Å². The number of aryl methyl sites for hydroxylation is 2. The number of hydrogen-bond acceptors (Lipinski definition) is 4. The van der Waals surface area contributed by atoms with E-state index < -0.39 is 0 Å². The van der Waals surface area contributed by atoms with Gasteiger partial charge >= 0.3 is 0 Å². The third-order valence-corrected chi connectivity index (χ3v) is 3.10. The zero-order valence-corrected chi connectivity index (χ0v) is 12.2. The summed E-state index contributed by atoms with van der Waals surface area (Å²) in [6.07, 6.45) is 0.778. The van der Waals surface area contributed by atoms with Crippen molar-refractivity contribution in [3.05, 3.63) is 22.8 Å². The summed E-state index contributed by atoms with van der Waals surface area (Å²) in [5.41, 5.74) is 3.47. The summed E-state index contributed by atoms with van der Waals surface area (Å²) in [6, 6.07) is 0. The lowest BCUT2D eigenvalue weighted by molar-refractivity contribution is 0.200. The summed E-state index contributed by atoms with van der Waals surface area (Å²) >= 11 is 0. The van der Waals surface area contributed by atoms with Gasteiger partial charge in [0.05, 0.1) is 6.61 Å². The van der Waals surface area contributed by atoms with Crippen molar-refractivity contribution in [3.8, 4) is 0 Å². The number of likely N-dealkylation sites (N-methyl/N-ethyl adjacent to an activating group) is 1. The van der Waals surface area contributed by atoms with Crippen LogP contribution in [0.5, 0.6) is 0 Å². The van der Waals surface area contributed by atoms with Gasteiger partial charge in [-0.05, 0) is 31.9 Å². The first kappa shape index (κ1) is 15.1. The first-order valence-electron chi connectivity index (χ1n) is 6.63. The molecular weight excluding hydrogens is 226 g/mol. The number of rotatable bonds is 7. The van der Waals surface area contributed by atoms with E-state index in [-0.39, 0.29) is 0 Å². The van der Waals surface area contributed by atoms with Crippen LogP contribution in [-0.4, -0.2) is 36.8 Å². The molecule has 18 heavy (non-hydrogen) atoms. The van der Waals surface area contributed by atoms with Crippen molar-refractivity contribution in [1.29, 1.82) is 0 Å². The number of methoxy groups -OCH3 is 1. The largest absolute Gasteiger partial charge is 0.384 e. The number of hydrogen-bond donors (Lipinski definition) is 1. The Morgan fingerprint density at radius 3 is 2.33 bits per heavy atom. The van der Waals surface area contributed by atoms with Gasteiger partial charge < -0.3 is 10.1 Å². The summed E-state index contributed by atoms with van der Waals surface area (Å²) < 4.78 is 5.07. The highest BCUT2D eigenvalue weighted by atomic mass is 16.5. The van der Waals surface area contributed by atoms with Crippen molar-refractivity contribution >= 4 is 0 Å². The van der Waals surface area contributed by atoms with Crippen LogP contribution in [0.25, 0.3) is 0 Å². The van der Waals surface area contributed by atoms with Crippen molar-refractivity contribution in [3.63, 3.8) is 0 Å². The summed E-state index contributed by atoms with van der Waals surface area (Å²) in [6.45, 7) is 11.1. The van der Waals surface area contributed by atoms with Crippen LogP contribution >= 0.6 is 0 Å². The van der Waals surface area contributed by atoms with Gasteiger partial charge in [0.15, 0.2) is 0 Å². The van der Waals surface area contributed by atoms with E-state index in [1.807, 2.05) is 0 Å². The molecular formula is C14H25N3O. The Morgan fingerprint density at radius 1 is 1.22 bits per heavy atom. The first-order chi connectivity index (χ1) is 8.60. The molecule has 0 saturated carbocycles. The monoisotopic (exact) mass is 251 g/mol. The number of nitrogens with one attached hydrogen (secondary N) is 1. The predicted octanol–water partition coefficient (Wildman–Crippen LogP) is 2.00. The van der Waals surface area contributed by atoms with Gasteiger partial charge in [0.25, 0.3) is 0 Å². The third-order valence-electron chi connectivity index (χ3n) is 3.10. The van der Waals surface area contributed by atoms with Crippen molar-refractivity contribution in [2.24, 2.45) is 0 Å². The van der Waals surface area contributed by atoms with Crippen LogP contribution in [0.1, 0.15) is 42.5 Å². The zero-order chi connectivity index (χ0) is 13.5. The second-order valence-corrected chi connectivity index (χ2v) is 4.68. The maximum Gasteiger partial charge on any atom is 0.131 e. The van der Waals surface area contributed by atoms with E-state index in [1.165, 1.54) is 5.56 Å². The Kier molecular flexibility index (Phi) is 6.22.